The number of hydrogen-bond donors (Lipinski definition) is 0. The molecule has 1 aliphatic rings. The van der Waals surface area contributed by atoms with E-state index >= 15 is 0 Å². The second kappa shape index (κ2) is 3.96. The van der Waals surface area contributed by atoms with Gasteiger partial charge in [0.15, 0.2) is 23.3 Å². The van der Waals surface area contributed by atoms with E-state index in [0.717, 1.165) is 0 Å². The Bertz CT molecular complexity index is 526. The fraction of sp³-hybridized carbons (Fsp3) is 0. The summed E-state index contributed by atoms with van der Waals surface area (Å²) in [5.74, 6) is -12.8. The van der Waals surface area contributed by atoms with Crippen LogP contribution in [-0.4, -0.2) is 19.3 Å². The van der Waals surface area contributed by atoms with Gasteiger partial charge >= 0.3 is 19.3 Å². The summed E-state index contributed by atoms with van der Waals surface area (Å²) in [6, 6.07) is 0. The molecule has 2 rings (SSSR count). The third kappa shape index (κ3) is 1.60. The highest BCUT2D eigenvalue weighted by molar-refractivity contribution is 6.43. The first kappa shape index (κ1) is 12.3. The fourth-order valence-corrected chi connectivity index (χ4v) is 1.33. The number of rotatable bonds is 0. The Morgan fingerprint density at radius 1 is 0.722 bits per heavy atom. The van der Waals surface area contributed by atoms with Crippen LogP contribution in [0.5, 0.6) is 0 Å². The third-order valence-electron chi connectivity index (χ3n) is 2.07. The summed E-state index contributed by atoms with van der Waals surface area (Å²) in [4.78, 5) is 22.2. The summed E-state index contributed by atoms with van der Waals surface area (Å²) < 4.78 is 72.3. The second-order valence-corrected chi connectivity index (χ2v) is 3.09. The number of halogens is 5. The fourth-order valence-electron chi connectivity index (χ4n) is 1.33. The molecule has 1 heterocycles. The van der Waals surface area contributed by atoms with Crippen molar-refractivity contribution in [2.75, 3.05) is 0 Å². The molecule has 0 radical (unpaired) electrons. The van der Waals surface area contributed by atoms with Gasteiger partial charge in [-0.05, 0) is 0 Å². The molecular formula is C8BF5O4. The van der Waals surface area contributed by atoms with Gasteiger partial charge in [-0.25, -0.2) is 31.5 Å². The molecule has 0 aromatic heterocycles. The first-order valence-corrected chi connectivity index (χ1v) is 4.26. The highest BCUT2D eigenvalue weighted by Gasteiger charge is 2.43. The molecule has 0 amide bonds. The zero-order chi connectivity index (χ0) is 13.6. The van der Waals surface area contributed by atoms with Crippen LogP contribution >= 0.6 is 0 Å². The highest BCUT2D eigenvalue weighted by Crippen LogP contribution is 2.27. The van der Waals surface area contributed by atoms with E-state index < -0.39 is 53.7 Å². The Morgan fingerprint density at radius 3 is 1.39 bits per heavy atom. The molecule has 1 aromatic carbocycles. The monoisotopic (exact) mass is 266 g/mol. The molecule has 94 valence electrons. The Balaban J connectivity index is 2.83. The molecular weight excluding hydrogens is 266 g/mol. The van der Waals surface area contributed by atoms with Crippen molar-refractivity contribution >= 4 is 19.3 Å². The quantitative estimate of drug-likeness (QED) is 0.309. The number of fused-ring (bicyclic) bond motifs is 1. The van der Waals surface area contributed by atoms with E-state index in [1.165, 1.54) is 0 Å². The predicted molar refractivity (Wildman–Crippen MR) is 44.0 cm³/mol. The van der Waals surface area contributed by atoms with Crippen LogP contribution in [-0.2, 0) is 9.31 Å². The average Bonchev–Trinajstić information content (AvgIpc) is 2.40. The molecule has 0 unspecified atom stereocenters. The van der Waals surface area contributed by atoms with Crippen molar-refractivity contribution in [2.45, 2.75) is 0 Å². The molecule has 0 spiro atoms. The zero-order valence-corrected chi connectivity index (χ0v) is 8.10. The van der Waals surface area contributed by atoms with Gasteiger partial charge < -0.3 is 9.31 Å². The SMILES string of the molecule is O=C1OB(F)OC(=O)c2c(F)c(F)c(F)c(F)c21. The molecule has 4 nitrogen and oxygen atoms in total. The molecule has 0 saturated carbocycles. The van der Waals surface area contributed by atoms with Crippen LogP contribution in [0.25, 0.3) is 0 Å². The van der Waals surface area contributed by atoms with Crippen LogP contribution in [0.2, 0.25) is 0 Å². The summed E-state index contributed by atoms with van der Waals surface area (Å²) in [5.41, 5.74) is -3.12. The van der Waals surface area contributed by atoms with Gasteiger partial charge in [-0.3, -0.25) is 0 Å². The number of carbonyl (C=O) groups is 2. The van der Waals surface area contributed by atoms with Crippen molar-refractivity contribution in [1.29, 1.82) is 0 Å². The lowest BCUT2D eigenvalue weighted by atomic mass is 10.1. The van der Waals surface area contributed by atoms with Crippen LogP contribution in [0.1, 0.15) is 20.7 Å². The average molecular weight is 266 g/mol. The summed E-state index contributed by atoms with van der Waals surface area (Å²) in [7, 11) is -2.93. The largest absolute Gasteiger partial charge is 0.834 e. The summed E-state index contributed by atoms with van der Waals surface area (Å²) in [6.07, 6.45) is 0. The Kier molecular flexibility index (Phi) is 2.72. The van der Waals surface area contributed by atoms with Crippen LogP contribution in [0.3, 0.4) is 0 Å². The zero-order valence-electron chi connectivity index (χ0n) is 8.10. The van der Waals surface area contributed by atoms with E-state index in [4.69, 9.17) is 0 Å². The minimum Gasteiger partial charge on any atom is -0.466 e. The van der Waals surface area contributed by atoms with Crippen molar-refractivity contribution in [1.82, 2.24) is 0 Å². The van der Waals surface area contributed by atoms with Gasteiger partial charge in [0.2, 0.25) is 0 Å². The maximum absolute atomic E-state index is 13.2. The van der Waals surface area contributed by atoms with Crippen LogP contribution in [0.15, 0.2) is 0 Å². The Labute approximate surface area is 95.5 Å². The molecule has 1 aliphatic heterocycles. The molecule has 0 bridgehead atoms. The molecule has 10 heteroatoms. The number of carbonyl (C=O) groups excluding carboxylic acids is 2. The van der Waals surface area contributed by atoms with E-state index in [0.29, 0.717) is 0 Å². The van der Waals surface area contributed by atoms with Gasteiger partial charge in [0.05, 0.1) is 0 Å². The Morgan fingerprint density at radius 2 is 1.06 bits per heavy atom. The second-order valence-electron chi connectivity index (χ2n) is 3.09. The van der Waals surface area contributed by atoms with E-state index in [1.54, 1.807) is 0 Å². The molecule has 18 heavy (non-hydrogen) atoms. The first-order chi connectivity index (χ1) is 8.34. The van der Waals surface area contributed by atoms with Crippen LogP contribution < -0.4 is 0 Å². The van der Waals surface area contributed by atoms with Gasteiger partial charge in [-0.1, -0.05) is 0 Å². The van der Waals surface area contributed by atoms with Gasteiger partial charge in [-0.15, -0.1) is 0 Å². The van der Waals surface area contributed by atoms with Crippen molar-refractivity contribution in [3.63, 3.8) is 0 Å². The Hall–Kier alpha value is -2.13. The van der Waals surface area contributed by atoms with Gasteiger partial charge in [0.25, 0.3) is 0 Å². The van der Waals surface area contributed by atoms with E-state index in [1.807, 2.05) is 0 Å². The summed E-state index contributed by atoms with van der Waals surface area (Å²) in [6.45, 7) is 0. The lowest BCUT2D eigenvalue weighted by molar-refractivity contribution is 0.0594. The molecule has 0 aliphatic carbocycles. The lowest BCUT2D eigenvalue weighted by Gasteiger charge is -2.06. The number of hydrogen-bond acceptors (Lipinski definition) is 4. The minimum absolute atomic E-state index is 1.56. The third-order valence-corrected chi connectivity index (χ3v) is 2.07. The minimum atomic E-state index is -2.93. The van der Waals surface area contributed by atoms with Crippen molar-refractivity contribution in [3.05, 3.63) is 34.4 Å². The predicted octanol–water partition coefficient (Wildman–Crippen LogP) is 1.52. The maximum atomic E-state index is 13.2. The highest BCUT2D eigenvalue weighted by atomic mass is 19.2. The van der Waals surface area contributed by atoms with E-state index in [2.05, 4.69) is 9.31 Å². The molecule has 0 fully saturated rings. The summed E-state index contributed by atoms with van der Waals surface area (Å²) >= 11 is 0. The maximum Gasteiger partial charge on any atom is 0.834 e. The molecule has 0 saturated heterocycles. The van der Waals surface area contributed by atoms with Crippen molar-refractivity contribution in [3.8, 4) is 0 Å². The van der Waals surface area contributed by atoms with Crippen LogP contribution in [0.4, 0.5) is 21.9 Å². The van der Waals surface area contributed by atoms with Crippen molar-refractivity contribution in [2.24, 2.45) is 0 Å². The standard InChI is InChI=1S/C8BF5O4/c10-3-1-2(4(11)6(13)5(3)12)8(16)18-9(14)17-7(1)15. The smallest absolute Gasteiger partial charge is 0.466 e. The van der Waals surface area contributed by atoms with Crippen LogP contribution in [0, 0.1) is 23.3 Å². The van der Waals surface area contributed by atoms with Gasteiger partial charge in [-0.2, -0.15) is 0 Å². The molecule has 0 N–H and O–H groups in total. The van der Waals surface area contributed by atoms with Crippen molar-refractivity contribution < 1.29 is 40.8 Å². The topological polar surface area (TPSA) is 52.6 Å². The van der Waals surface area contributed by atoms with E-state index in [-0.39, 0.29) is 0 Å². The van der Waals surface area contributed by atoms with Gasteiger partial charge in [0.1, 0.15) is 11.1 Å². The number of benzene rings is 1. The molecule has 0 atom stereocenters. The van der Waals surface area contributed by atoms with E-state index in [9.17, 15) is 31.5 Å². The normalized spacial score (nSPS) is 14.8. The lowest BCUT2D eigenvalue weighted by Crippen LogP contribution is -2.20. The summed E-state index contributed by atoms with van der Waals surface area (Å²) in [5, 5.41) is 0. The molecule has 1 aromatic rings. The first-order valence-electron chi connectivity index (χ1n) is 4.26. The van der Waals surface area contributed by atoms with Gasteiger partial charge in [0, 0.05) is 0 Å².